The van der Waals surface area contributed by atoms with Gasteiger partial charge in [0.2, 0.25) is 5.91 Å². The fourth-order valence-corrected chi connectivity index (χ4v) is 2.09. The molecule has 0 radical (unpaired) electrons. The first-order chi connectivity index (χ1) is 7.74. The summed E-state index contributed by atoms with van der Waals surface area (Å²) in [6.07, 6.45) is 1.90. The Bertz CT molecular complexity index is 531. The van der Waals surface area contributed by atoms with Gasteiger partial charge in [0.1, 0.15) is 0 Å². The summed E-state index contributed by atoms with van der Waals surface area (Å²) >= 11 is 0. The number of carbonyl (C=O) groups excluding carboxylic acids is 1. The van der Waals surface area contributed by atoms with Crippen molar-refractivity contribution in [2.45, 2.75) is 19.8 Å². The molecule has 2 heteroatoms. The number of amides is 1. The van der Waals surface area contributed by atoms with Gasteiger partial charge in [0.25, 0.3) is 0 Å². The zero-order chi connectivity index (χ0) is 11.5. The summed E-state index contributed by atoms with van der Waals surface area (Å²) in [7, 11) is 0. The lowest BCUT2D eigenvalue weighted by atomic mass is 9.96. The molecular formula is C14H15NO. The molecule has 0 aliphatic carbocycles. The standard InChI is InChI=1S/C14H15NO/c1-2-5-11-9-8-10-6-3-4-7-12(10)13(11)14(15)16/h3-4,6-9H,2,5H2,1H3,(H2,15,16). The molecule has 0 spiro atoms. The minimum absolute atomic E-state index is 0.333. The third kappa shape index (κ3) is 1.78. The lowest BCUT2D eigenvalue weighted by molar-refractivity contribution is 0.100. The van der Waals surface area contributed by atoms with E-state index in [2.05, 4.69) is 6.92 Å². The van der Waals surface area contributed by atoms with Gasteiger partial charge in [-0.15, -0.1) is 0 Å². The van der Waals surface area contributed by atoms with E-state index in [9.17, 15) is 4.79 Å². The molecule has 1 amide bonds. The summed E-state index contributed by atoms with van der Waals surface area (Å²) in [6.45, 7) is 2.10. The highest BCUT2D eigenvalue weighted by molar-refractivity contribution is 6.07. The molecule has 0 bridgehead atoms. The van der Waals surface area contributed by atoms with Gasteiger partial charge >= 0.3 is 0 Å². The molecule has 0 aromatic heterocycles. The summed E-state index contributed by atoms with van der Waals surface area (Å²) in [5.41, 5.74) is 7.20. The Labute approximate surface area is 95.1 Å². The summed E-state index contributed by atoms with van der Waals surface area (Å²) in [5, 5.41) is 2.03. The van der Waals surface area contributed by atoms with Crippen molar-refractivity contribution in [3.8, 4) is 0 Å². The maximum absolute atomic E-state index is 11.5. The average molecular weight is 213 g/mol. The van der Waals surface area contributed by atoms with Crippen LogP contribution in [0.1, 0.15) is 29.3 Å². The first-order valence-corrected chi connectivity index (χ1v) is 5.54. The van der Waals surface area contributed by atoms with Crippen molar-refractivity contribution in [1.82, 2.24) is 0 Å². The van der Waals surface area contributed by atoms with Gasteiger partial charge in [-0.25, -0.2) is 0 Å². The van der Waals surface area contributed by atoms with E-state index in [1.54, 1.807) is 0 Å². The van der Waals surface area contributed by atoms with E-state index in [4.69, 9.17) is 5.73 Å². The lowest BCUT2D eigenvalue weighted by Crippen LogP contribution is -2.14. The average Bonchev–Trinajstić information content (AvgIpc) is 2.28. The van der Waals surface area contributed by atoms with Crippen molar-refractivity contribution in [2.75, 3.05) is 0 Å². The van der Waals surface area contributed by atoms with Crippen LogP contribution in [-0.4, -0.2) is 5.91 Å². The highest BCUT2D eigenvalue weighted by Gasteiger charge is 2.11. The number of rotatable bonds is 3. The van der Waals surface area contributed by atoms with Crippen LogP contribution in [0.4, 0.5) is 0 Å². The number of hydrogen-bond acceptors (Lipinski definition) is 1. The monoisotopic (exact) mass is 213 g/mol. The van der Waals surface area contributed by atoms with Gasteiger partial charge in [0.15, 0.2) is 0 Å². The van der Waals surface area contributed by atoms with Gasteiger partial charge in [0.05, 0.1) is 5.56 Å². The number of nitrogens with two attached hydrogens (primary N) is 1. The lowest BCUT2D eigenvalue weighted by Gasteiger charge is -2.09. The molecule has 0 unspecified atom stereocenters. The van der Waals surface area contributed by atoms with Crippen LogP contribution in [0.3, 0.4) is 0 Å². The van der Waals surface area contributed by atoms with Crippen LogP contribution < -0.4 is 5.73 Å². The zero-order valence-electron chi connectivity index (χ0n) is 9.36. The smallest absolute Gasteiger partial charge is 0.249 e. The van der Waals surface area contributed by atoms with Crippen molar-refractivity contribution in [2.24, 2.45) is 5.73 Å². The minimum Gasteiger partial charge on any atom is -0.366 e. The van der Waals surface area contributed by atoms with Crippen molar-refractivity contribution >= 4 is 16.7 Å². The Kier molecular flexibility index (Phi) is 2.91. The molecule has 2 nitrogen and oxygen atoms in total. The maximum atomic E-state index is 11.5. The van der Waals surface area contributed by atoms with Gasteiger partial charge in [0, 0.05) is 0 Å². The van der Waals surface area contributed by atoms with Crippen LogP contribution in [0.5, 0.6) is 0 Å². The number of primary amides is 1. The molecule has 0 saturated carbocycles. The number of fused-ring (bicyclic) bond motifs is 1. The summed E-state index contributed by atoms with van der Waals surface area (Å²) in [6, 6.07) is 11.9. The highest BCUT2D eigenvalue weighted by atomic mass is 16.1. The molecule has 2 N–H and O–H groups in total. The third-order valence-corrected chi connectivity index (χ3v) is 2.78. The van der Waals surface area contributed by atoms with Gasteiger partial charge in [-0.2, -0.15) is 0 Å². The van der Waals surface area contributed by atoms with E-state index in [0.29, 0.717) is 5.56 Å². The minimum atomic E-state index is -0.333. The SMILES string of the molecule is CCCc1ccc2ccccc2c1C(N)=O. The highest BCUT2D eigenvalue weighted by Crippen LogP contribution is 2.23. The molecule has 2 rings (SSSR count). The Balaban J connectivity index is 2.73. The van der Waals surface area contributed by atoms with Crippen LogP contribution >= 0.6 is 0 Å². The van der Waals surface area contributed by atoms with E-state index in [1.807, 2.05) is 36.4 Å². The Hall–Kier alpha value is -1.83. The van der Waals surface area contributed by atoms with E-state index >= 15 is 0 Å². The van der Waals surface area contributed by atoms with Crippen molar-refractivity contribution in [3.05, 3.63) is 47.5 Å². The number of carbonyl (C=O) groups is 1. The molecule has 0 aliphatic heterocycles. The molecule has 16 heavy (non-hydrogen) atoms. The van der Waals surface area contributed by atoms with Crippen molar-refractivity contribution in [1.29, 1.82) is 0 Å². The summed E-state index contributed by atoms with van der Waals surface area (Å²) in [5.74, 6) is -0.333. The topological polar surface area (TPSA) is 43.1 Å². The Morgan fingerprint density at radius 3 is 2.62 bits per heavy atom. The fraction of sp³-hybridized carbons (Fsp3) is 0.214. The third-order valence-electron chi connectivity index (χ3n) is 2.78. The van der Waals surface area contributed by atoms with Crippen LogP contribution in [0.15, 0.2) is 36.4 Å². The van der Waals surface area contributed by atoms with Crippen LogP contribution in [0.2, 0.25) is 0 Å². The normalized spacial score (nSPS) is 10.6. The quantitative estimate of drug-likeness (QED) is 0.837. The largest absolute Gasteiger partial charge is 0.366 e. The molecule has 0 fully saturated rings. The molecular weight excluding hydrogens is 198 g/mol. The predicted octanol–water partition coefficient (Wildman–Crippen LogP) is 2.89. The van der Waals surface area contributed by atoms with Gasteiger partial charge in [-0.05, 0) is 22.8 Å². The van der Waals surface area contributed by atoms with Gasteiger partial charge in [-0.1, -0.05) is 49.7 Å². The molecule has 0 atom stereocenters. The molecule has 2 aromatic rings. The predicted molar refractivity (Wildman–Crippen MR) is 66.5 cm³/mol. The zero-order valence-corrected chi connectivity index (χ0v) is 9.36. The Morgan fingerprint density at radius 1 is 1.19 bits per heavy atom. The Morgan fingerprint density at radius 2 is 1.94 bits per heavy atom. The van der Waals surface area contributed by atoms with Gasteiger partial charge < -0.3 is 5.73 Å². The second-order valence-electron chi connectivity index (χ2n) is 3.94. The first-order valence-electron chi connectivity index (χ1n) is 5.54. The maximum Gasteiger partial charge on any atom is 0.249 e. The number of hydrogen-bond donors (Lipinski definition) is 1. The summed E-state index contributed by atoms with van der Waals surface area (Å²) in [4.78, 5) is 11.5. The van der Waals surface area contributed by atoms with E-state index in [1.165, 1.54) is 0 Å². The summed E-state index contributed by atoms with van der Waals surface area (Å²) < 4.78 is 0. The molecule has 0 aliphatic rings. The van der Waals surface area contributed by atoms with E-state index < -0.39 is 0 Å². The molecule has 2 aromatic carbocycles. The van der Waals surface area contributed by atoms with E-state index in [-0.39, 0.29) is 5.91 Å². The van der Waals surface area contributed by atoms with E-state index in [0.717, 1.165) is 29.2 Å². The molecule has 0 saturated heterocycles. The van der Waals surface area contributed by atoms with Crippen molar-refractivity contribution in [3.63, 3.8) is 0 Å². The second kappa shape index (κ2) is 4.35. The fourth-order valence-electron chi connectivity index (χ4n) is 2.09. The van der Waals surface area contributed by atoms with Crippen LogP contribution in [-0.2, 0) is 6.42 Å². The van der Waals surface area contributed by atoms with Crippen LogP contribution in [0, 0.1) is 0 Å². The molecule has 0 heterocycles. The van der Waals surface area contributed by atoms with Gasteiger partial charge in [-0.3, -0.25) is 4.79 Å². The van der Waals surface area contributed by atoms with Crippen LogP contribution in [0.25, 0.3) is 10.8 Å². The first kappa shape index (κ1) is 10.7. The number of aryl methyl sites for hydroxylation is 1. The molecule has 82 valence electrons. The van der Waals surface area contributed by atoms with Crippen molar-refractivity contribution < 1.29 is 4.79 Å². The number of benzene rings is 2. The second-order valence-corrected chi connectivity index (χ2v) is 3.94.